The predicted octanol–water partition coefficient (Wildman–Crippen LogP) is 3.12. The lowest BCUT2D eigenvalue weighted by atomic mass is 9.94. The van der Waals surface area contributed by atoms with Gasteiger partial charge in [-0.15, -0.1) is 0 Å². The lowest BCUT2D eigenvalue weighted by Gasteiger charge is -2.34. The molecule has 3 atom stereocenters. The number of pyridine rings is 1. The molecule has 0 saturated heterocycles. The third-order valence-corrected chi connectivity index (χ3v) is 5.84. The average Bonchev–Trinajstić information content (AvgIpc) is 2.81. The quantitative estimate of drug-likeness (QED) is 0.561. The molecule has 7 nitrogen and oxygen atoms in total. The molecule has 0 radical (unpaired) electrons. The van der Waals surface area contributed by atoms with E-state index in [2.05, 4.69) is 28.9 Å². The van der Waals surface area contributed by atoms with E-state index in [1.807, 2.05) is 42.6 Å². The number of rotatable bonds is 6. The zero-order chi connectivity index (χ0) is 22.7. The Morgan fingerprint density at radius 2 is 1.84 bits per heavy atom. The molecule has 0 bridgehead atoms. The molecule has 0 saturated carbocycles. The number of benzene rings is 2. The second-order valence-corrected chi connectivity index (χ2v) is 8.06. The summed E-state index contributed by atoms with van der Waals surface area (Å²) in [6, 6.07) is 19.7. The van der Waals surface area contributed by atoms with Gasteiger partial charge in [0, 0.05) is 25.9 Å². The Morgan fingerprint density at radius 3 is 2.56 bits per heavy atom. The fourth-order valence-corrected chi connectivity index (χ4v) is 3.99. The van der Waals surface area contributed by atoms with Gasteiger partial charge in [0.2, 0.25) is 11.5 Å². The third-order valence-electron chi connectivity index (χ3n) is 5.84. The molecule has 4 rings (SSSR count). The molecule has 7 heteroatoms. The van der Waals surface area contributed by atoms with Crippen molar-refractivity contribution in [1.29, 1.82) is 5.26 Å². The van der Waals surface area contributed by atoms with E-state index in [4.69, 9.17) is 0 Å². The number of amides is 1. The van der Waals surface area contributed by atoms with Crippen molar-refractivity contribution in [2.75, 3.05) is 17.2 Å². The van der Waals surface area contributed by atoms with Gasteiger partial charge < -0.3 is 20.5 Å². The van der Waals surface area contributed by atoms with Crippen LogP contribution in [0.2, 0.25) is 0 Å². The van der Waals surface area contributed by atoms with E-state index in [9.17, 15) is 14.9 Å². The van der Waals surface area contributed by atoms with Gasteiger partial charge in [-0.1, -0.05) is 49.4 Å². The smallest absolute Gasteiger partial charge is 0.250 e. The minimum absolute atomic E-state index is 0.0499. The molecule has 0 spiro atoms. The Hall–Kier alpha value is -3.89. The van der Waals surface area contributed by atoms with Gasteiger partial charge in [0.1, 0.15) is 12.1 Å². The molecular weight excluding hydrogens is 402 g/mol. The van der Waals surface area contributed by atoms with Crippen molar-refractivity contribution in [1.82, 2.24) is 9.88 Å². The summed E-state index contributed by atoms with van der Waals surface area (Å²) in [5.41, 5.74) is 3.67. The third kappa shape index (κ3) is 4.27. The molecule has 3 aromatic rings. The van der Waals surface area contributed by atoms with E-state index in [0.717, 1.165) is 11.1 Å². The molecule has 0 fully saturated rings. The number of nitrogens with one attached hydrogen (secondary N) is 3. The van der Waals surface area contributed by atoms with E-state index in [0.29, 0.717) is 23.5 Å². The number of para-hydroxylation sites is 1. The lowest BCUT2D eigenvalue weighted by molar-refractivity contribution is -0.117. The summed E-state index contributed by atoms with van der Waals surface area (Å²) >= 11 is 0. The summed E-state index contributed by atoms with van der Waals surface area (Å²) in [4.78, 5) is 24.7. The molecule has 0 unspecified atom stereocenters. The van der Waals surface area contributed by atoms with E-state index < -0.39 is 6.04 Å². The fraction of sp³-hybridized carbons (Fsp3) is 0.240. The van der Waals surface area contributed by atoms with E-state index in [-0.39, 0.29) is 23.4 Å². The Bertz CT molecular complexity index is 1230. The molecule has 2 aromatic carbocycles. The number of nitrogens with zero attached hydrogens (tertiary/aromatic N) is 2. The molecule has 1 aliphatic heterocycles. The van der Waals surface area contributed by atoms with Crippen LogP contribution in [0.5, 0.6) is 0 Å². The van der Waals surface area contributed by atoms with Gasteiger partial charge in [-0.05, 0) is 29.2 Å². The summed E-state index contributed by atoms with van der Waals surface area (Å²) < 4.78 is 1.57. The highest BCUT2D eigenvalue weighted by molar-refractivity contribution is 6.04. The SMILES string of the molecule is C[C@@H](CN[C@H](c1ccccc1)[C@@H]1Nc2c(C#N)cccc2NC1=O)c1ccc(=O)n(C)c1. The zero-order valence-corrected chi connectivity index (χ0v) is 18.0. The number of aryl methyl sites for hydroxylation is 1. The van der Waals surface area contributed by atoms with Crippen molar-refractivity contribution in [2.45, 2.75) is 24.9 Å². The monoisotopic (exact) mass is 427 g/mol. The number of hydrogen-bond donors (Lipinski definition) is 3. The minimum Gasteiger partial charge on any atom is -0.369 e. The topological polar surface area (TPSA) is 98.9 Å². The number of carbonyl (C=O) groups excluding carboxylic acids is 1. The van der Waals surface area contributed by atoms with Crippen LogP contribution in [0.1, 0.15) is 35.6 Å². The number of aromatic nitrogens is 1. The number of carbonyl (C=O) groups is 1. The summed E-state index contributed by atoms with van der Waals surface area (Å²) in [6.45, 7) is 2.67. The first-order chi connectivity index (χ1) is 15.5. The van der Waals surface area contributed by atoms with Crippen LogP contribution in [0, 0.1) is 11.3 Å². The van der Waals surface area contributed by atoms with Gasteiger partial charge in [0.05, 0.1) is 23.0 Å². The summed E-state index contributed by atoms with van der Waals surface area (Å²) in [5.74, 6) is -0.0506. The van der Waals surface area contributed by atoms with Crippen molar-refractivity contribution >= 4 is 17.3 Å². The highest BCUT2D eigenvalue weighted by Crippen LogP contribution is 2.33. The molecule has 1 aliphatic rings. The van der Waals surface area contributed by atoms with Crippen molar-refractivity contribution in [3.8, 4) is 6.07 Å². The van der Waals surface area contributed by atoms with Crippen LogP contribution in [-0.4, -0.2) is 23.1 Å². The number of nitriles is 1. The standard InChI is InChI=1S/C25H25N5O2/c1-16(19-11-12-21(31)30(2)15-19)14-27-23(17-7-4-3-5-8-17)24-25(32)28-20-10-6-9-18(13-26)22(20)29-24/h3-12,15-16,23-24,27,29H,14H2,1-2H3,(H,28,32)/t16-,23+,24-/m0/s1. The Balaban J connectivity index is 1.61. The van der Waals surface area contributed by atoms with Crippen LogP contribution >= 0.6 is 0 Å². The molecular formula is C25H25N5O2. The van der Waals surface area contributed by atoms with Gasteiger partial charge in [-0.25, -0.2) is 0 Å². The van der Waals surface area contributed by atoms with Crippen molar-refractivity contribution in [2.24, 2.45) is 7.05 Å². The van der Waals surface area contributed by atoms with E-state index in [1.54, 1.807) is 35.9 Å². The zero-order valence-electron chi connectivity index (χ0n) is 18.0. The maximum atomic E-state index is 13.0. The molecule has 2 heterocycles. The van der Waals surface area contributed by atoms with Crippen molar-refractivity contribution in [3.63, 3.8) is 0 Å². The van der Waals surface area contributed by atoms with Gasteiger partial charge in [-0.3, -0.25) is 9.59 Å². The van der Waals surface area contributed by atoms with Crippen LogP contribution in [0.15, 0.2) is 71.7 Å². The van der Waals surface area contributed by atoms with Gasteiger partial charge >= 0.3 is 0 Å². The predicted molar refractivity (Wildman–Crippen MR) is 124 cm³/mol. The highest BCUT2D eigenvalue weighted by Gasteiger charge is 2.34. The van der Waals surface area contributed by atoms with Crippen molar-refractivity contribution < 1.29 is 4.79 Å². The Morgan fingerprint density at radius 1 is 1.06 bits per heavy atom. The Kier molecular flexibility index (Phi) is 6.06. The maximum Gasteiger partial charge on any atom is 0.250 e. The fourth-order valence-electron chi connectivity index (χ4n) is 3.99. The molecule has 32 heavy (non-hydrogen) atoms. The number of anilines is 2. The average molecular weight is 428 g/mol. The van der Waals surface area contributed by atoms with Gasteiger partial charge in [0.15, 0.2) is 0 Å². The normalized spacial score (nSPS) is 16.8. The second kappa shape index (κ2) is 9.08. The minimum atomic E-state index is -0.605. The van der Waals surface area contributed by atoms with Crippen molar-refractivity contribution in [3.05, 3.63) is 93.9 Å². The van der Waals surface area contributed by atoms with Gasteiger partial charge in [-0.2, -0.15) is 5.26 Å². The van der Waals surface area contributed by atoms with Crippen LogP contribution in [0.3, 0.4) is 0 Å². The summed E-state index contributed by atoms with van der Waals surface area (Å²) in [5, 5.41) is 19.3. The summed E-state index contributed by atoms with van der Waals surface area (Å²) in [7, 11) is 1.74. The molecule has 1 amide bonds. The first-order valence-corrected chi connectivity index (χ1v) is 10.5. The molecule has 3 N–H and O–H groups in total. The largest absolute Gasteiger partial charge is 0.369 e. The highest BCUT2D eigenvalue weighted by atomic mass is 16.2. The van der Waals surface area contributed by atoms with Crippen LogP contribution in [0.25, 0.3) is 0 Å². The second-order valence-electron chi connectivity index (χ2n) is 8.06. The first-order valence-electron chi connectivity index (χ1n) is 10.5. The maximum absolute atomic E-state index is 13.0. The van der Waals surface area contributed by atoms with Crippen LogP contribution < -0.4 is 21.5 Å². The van der Waals surface area contributed by atoms with Gasteiger partial charge in [0.25, 0.3) is 0 Å². The molecule has 0 aliphatic carbocycles. The van der Waals surface area contributed by atoms with E-state index in [1.165, 1.54) is 0 Å². The molecule has 162 valence electrons. The first kappa shape index (κ1) is 21.3. The lowest BCUT2D eigenvalue weighted by Crippen LogP contribution is -2.48. The number of fused-ring (bicyclic) bond motifs is 1. The molecule has 1 aromatic heterocycles. The number of hydrogen-bond acceptors (Lipinski definition) is 5. The summed E-state index contributed by atoms with van der Waals surface area (Å²) in [6.07, 6.45) is 1.84. The van der Waals surface area contributed by atoms with Crippen LogP contribution in [0.4, 0.5) is 11.4 Å². The Labute approximate surface area is 186 Å². The van der Waals surface area contributed by atoms with E-state index >= 15 is 0 Å². The van der Waals surface area contributed by atoms with Crippen LogP contribution in [-0.2, 0) is 11.8 Å².